The number of hydrogen-bond acceptors (Lipinski definition) is 7. The fourth-order valence-corrected chi connectivity index (χ4v) is 3.12. The molecule has 0 unspecified atom stereocenters. The number of ketones is 2. The van der Waals surface area contributed by atoms with Crippen molar-refractivity contribution in [3.63, 3.8) is 0 Å². The number of aromatic hydroxyl groups is 1. The Bertz CT molecular complexity index is 847. The number of carbonyl (C=O) groups is 2. The molecule has 4 aliphatic rings. The van der Waals surface area contributed by atoms with Crippen molar-refractivity contribution in [1.82, 2.24) is 14.7 Å². The van der Waals surface area contributed by atoms with E-state index < -0.39 is 0 Å². The number of hydrogen-bond donors (Lipinski definition) is 1. The molecule has 3 saturated heterocycles. The quantitative estimate of drug-likeness (QED) is 0.618. The topological polar surface area (TPSA) is 66.6 Å². The van der Waals surface area contributed by atoms with Crippen LogP contribution < -0.4 is 4.90 Å². The van der Waals surface area contributed by atoms with Crippen molar-refractivity contribution < 1.29 is 14.7 Å². The number of Topliss-reactive ketones (excluding diaryl/α,β-unsaturated/α-hetero) is 1. The molecule has 0 bridgehead atoms. The van der Waals surface area contributed by atoms with Gasteiger partial charge in [-0.3, -0.25) is 9.59 Å². The molecular weight excluding hydrogens is 344 g/mol. The summed E-state index contributed by atoms with van der Waals surface area (Å²) in [5.41, 5.74) is 2.74. The number of benzene rings is 1. The number of nitrogens with zero attached hydrogens (tertiary/aromatic N) is 4. The van der Waals surface area contributed by atoms with E-state index in [1.165, 1.54) is 6.08 Å². The number of phenolic OH excluding ortho intramolecular Hbond substituents is 1. The first kappa shape index (κ1) is 17.5. The Kier molecular flexibility index (Phi) is 4.30. The molecule has 3 heterocycles. The van der Waals surface area contributed by atoms with Gasteiger partial charge in [-0.15, -0.1) is 0 Å². The lowest BCUT2D eigenvalue weighted by Gasteiger charge is -2.21. The Morgan fingerprint density at radius 3 is 1.89 bits per heavy atom. The molecule has 3 fully saturated rings. The highest BCUT2D eigenvalue weighted by Gasteiger charge is 2.43. The maximum Gasteiger partial charge on any atom is 0.227 e. The molecule has 7 nitrogen and oxygen atoms in total. The molecule has 7 heteroatoms. The van der Waals surface area contributed by atoms with Gasteiger partial charge in [-0.25, -0.2) is 0 Å². The Hall–Kier alpha value is -2.96. The van der Waals surface area contributed by atoms with Crippen LogP contribution in [0.1, 0.15) is 0 Å². The fraction of sp³-hybridized carbons (Fsp3) is 0.400. The summed E-state index contributed by atoms with van der Waals surface area (Å²) in [4.78, 5) is 32.3. The Labute approximate surface area is 158 Å². The second-order valence-electron chi connectivity index (χ2n) is 7.26. The lowest BCUT2D eigenvalue weighted by Crippen LogP contribution is -2.29. The normalized spacial score (nSPS) is 20.2. The third kappa shape index (κ3) is 3.63. The standard InChI is InChI=1S/C12H13N3O2.C8H11NO/c16-9-7-8(13-1-2-13)12(17)11(15-5-6-15)10(9)14-3-4-14;1-9(2)7-5-3-4-6-8(7)10/h7H,1-6H2;3-6,10H,1-2H3. The summed E-state index contributed by atoms with van der Waals surface area (Å²) >= 11 is 0. The van der Waals surface area contributed by atoms with E-state index in [0.29, 0.717) is 22.8 Å². The van der Waals surface area contributed by atoms with Crippen molar-refractivity contribution >= 4 is 17.3 Å². The molecule has 142 valence electrons. The van der Waals surface area contributed by atoms with E-state index >= 15 is 0 Å². The molecule has 0 radical (unpaired) electrons. The van der Waals surface area contributed by atoms with Gasteiger partial charge in [0, 0.05) is 59.4 Å². The average Bonchev–Trinajstić information content (AvgIpc) is 3.47. The molecule has 0 aromatic heterocycles. The molecule has 1 aliphatic carbocycles. The van der Waals surface area contributed by atoms with Gasteiger partial charge < -0.3 is 24.7 Å². The third-order valence-corrected chi connectivity index (χ3v) is 4.85. The van der Waals surface area contributed by atoms with Gasteiger partial charge in [0.25, 0.3) is 0 Å². The van der Waals surface area contributed by atoms with Crippen LogP contribution in [0.25, 0.3) is 0 Å². The Morgan fingerprint density at radius 1 is 0.852 bits per heavy atom. The first-order valence-corrected chi connectivity index (χ1v) is 9.22. The van der Waals surface area contributed by atoms with Gasteiger partial charge in [-0.1, -0.05) is 12.1 Å². The second kappa shape index (κ2) is 6.64. The summed E-state index contributed by atoms with van der Waals surface area (Å²) in [6.07, 6.45) is 1.52. The summed E-state index contributed by atoms with van der Waals surface area (Å²) in [6.45, 7) is 5.41. The van der Waals surface area contributed by atoms with Gasteiger partial charge in [0.1, 0.15) is 17.1 Å². The summed E-state index contributed by atoms with van der Waals surface area (Å²) in [5.74, 6) is 0.375. The molecular formula is C20H24N4O3. The Balaban J connectivity index is 0.000000155. The van der Waals surface area contributed by atoms with Crippen LogP contribution in [0, 0.1) is 0 Å². The van der Waals surface area contributed by atoms with Gasteiger partial charge in [0.15, 0.2) is 0 Å². The Morgan fingerprint density at radius 2 is 1.41 bits per heavy atom. The third-order valence-electron chi connectivity index (χ3n) is 4.85. The number of anilines is 1. The molecule has 3 aliphatic heterocycles. The van der Waals surface area contributed by atoms with Gasteiger partial charge in [0.05, 0.1) is 11.4 Å². The van der Waals surface area contributed by atoms with Crippen LogP contribution in [0.5, 0.6) is 5.75 Å². The number of allylic oxidation sites excluding steroid dienone is 1. The maximum absolute atomic E-state index is 12.4. The van der Waals surface area contributed by atoms with Crippen LogP contribution in [0.15, 0.2) is 47.4 Å². The maximum atomic E-state index is 12.4. The van der Waals surface area contributed by atoms with E-state index in [1.54, 1.807) is 6.07 Å². The number of phenols is 1. The lowest BCUT2D eigenvalue weighted by molar-refractivity contribution is -0.117. The summed E-state index contributed by atoms with van der Waals surface area (Å²) in [7, 11) is 3.80. The van der Waals surface area contributed by atoms with Crippen molar-refractivity contribution in [2.45, 2.75) is 0 Å². The zero-order valence-electron chi connectivity index (χ0n) is 15.7. The minimum Gasteiger partial charge on any atom is -0.506 e. The van der Waals surface area contributed by atoms with E-state index in [1.807, 2.05) is 51.9 Å². The minimum atomic E-state index is 0.00546. The molecule has 27 heavy (non-hydrogen) atoms. The summed E-state index contributed by atoms with van der Waals surface area (Å²) in [5, 5.41) is 9.24. The average molecular weight is 368 g/mol. The van der Waals surface area contributed by atoms with Crippen molar-refractivity contribution in [2.24, 2.45) is 0 Å². The monoisotopic (exact) mass is 368 g/mol. The largest absolute Gasteiger partial charge is 0.506 e. The van der Waals surface area contributed by atoms with Crippen LogP contribution in [-0.2, 0) is 9.59 Å². The highest BCUT2D eigenvalue weighted by molar-refractivity contribution is 6.22. The van der Waals surface area contributed by atoms with E-state index in [0.717, 1.165) is 45.0 Å². The molecule has 5 rings (SSSR count). The van der Waals surface area contributed by atoms with Crippen molar-refractivity contribution in [3.05, 3.63) is 47.4 Å². The van der Waals surface area contributed by atoms with Gasteiger partial charge in [-0.05, 0) is 12.1 Å². The molecule has 1 N–H and O–H groups in total. The van der Waals surface area contributed by atoms with Crippen LogP contribution >= 0.6 is 0 Å². The van der Waals surface area contributed by atoms with Crippen LogP contribution in [0.3, 0.4) is 0 Å². The molecule has 0 amide bonds. The van der Waals surface area contributed by atoms with Gasteiger partial charge >= 0.3 is 0 Å². The number of carbonyl (C=O) groups excluding carboxylic acids is 2. The van der Waals surface area contributed by atoms with E-state index in [4.69, 9.17) is 0 Å². The van der Waals surface area contributed by atoms with E-state index in [-0.39, 0.29) is 11.6 Å². The molecule has 0 saturated carbocycles. The van der Waals surface area contributed by atoms with Crippen molar-refractivity contribution in [1.29, 1.82) is 0 Å². The lowest BCUT2D eigenvalue weighted by atomic mass is 10.0. The number of rotatable bonds is 4. The first-order valence-electron chi connectivity index (χ1n) is 9.22. The van der Waals surface area contributed by atoms with Gasteiger partial charge in [0.2, 0.25) is 11.6 Å². The van der Waals surface area contributed by atoms with Crippen LogP contribution in [-0.4, -0.2) is 84.7 Å². The molecule has 1 aromatic carbocycles. The second-order valence-corrected chi connectivity index (χ2v) is 7.26. The molecule has 1 aromatic rings. The van der Waals surface area contributed by atoms with Crippen molar-refractivity contribution in [2.75, 3.05) is 58.3 Å². The predicted octanol–water partition coefficient (Wildman–Crippen LogP) is 0.639. The first-order chi connectivity index (χ1) is 13.0. The zero-order valence-corrected chi connectivity index (χ0v) is 15.7. The predicted molar refractivity (Wildman–Crippen MR) is 102 cm³/mol. The van der Waals surface area contributed by atoms with Gasteiger partial charge in [-0.2, -0.15) is 0 Å². The molecule has 0 spiro atoms. The van der Waals surface area contributed by atoms with Crippen LogP contribution in [0.4, 0.5) is 5.69 Å². The summed E-state index contributed by atoms with van der Waals surface area (Å²) in [6, 6.07) is 7.25. The molecule has 0 atom stereocenters. The smallest absolute Gasteiger partial charge is 0.227 e. The van der Waals surface area contributed by atoms with E-state index in [2.05, 4.69) is 0 Å². The van der Waals surface area contributed by atoms with Crippen molar-refractivity contribution in [3.8, 4) is 5.75 Å². The summed E-state index contributed by atoms with van der Waals surface area (Å²) < 4.78 is 0. The van der Waals surface area contributed by atoms with Crippen LogP contribution in [0.2, 0.25) is 0 Å². The SMILES string of the molecule is CN(C)c1ccccc1O.O=C1C=C(N2CC2)C(=O)C(N2CC2)=C1N1CC1. The fourth-order valence-electron chi connectivity index (χ4n) is 3.12. The number of para-hydroxylation sites is 2. The minimum absolute atomic E-state index is 0.00546. The van der Waals surface area contributed by atoms with E-state index in [9.17, 15) is 14.7 Å². The highest BCUT2D eigenvalue weighted by atomic mass is 16.3. The zero-order chi connectivity index (χ0) is 19.1. The highest BCUT2D eigenvalue weighted by Crippen LogP contribution is 2.33.